The van der Waals surface area contributed by atoms with Gasteiger partial charge in [0.05, 0.1) is 35.0 Å². The number of piperidine rings is 2. The van der Waals surface area contributed by atoms with Crippen LogP contribution in [0.1, 0.15) is 64.7 Å². The molecule has 2 aromatic rings. The number of benzene rings is 1. The van der Waals surface area contributed by atoms with Gasteiger partial charge >= 0.3 is 0 Å². The molecule has 0 spiro atoms. The lowest BCUT2D eigenvalue weighted by Gasteiger charge is -2.38. The number of hydrogen-bond donors (Lipinski definition) is 0. The Morgan fingerprint density at radius 1 is 1.03 bits per heavy atom. The highest BCUT2D eigenvalue weighted by Gasteiger charge is 2.39. The molecule has 1 aromatic carbocycles. The van der Waals surface area contributed by atoms with Crippen LogP contribution in [0.3, 0.4) is 0 Å². The summed E-state index contributed by atoms with van der Waals surface area (Å²) < 4.78 is 1.84. The van der Waals surface area contributed by atoms with Crippen molar-refractivity contribution in [3.05, 3.63) is 46.8 Å². The molecule has 5 rings (SSSR count). The van der Waals surface area contributed by atoms with Gasteiger partial charge in [-0.3, -0.25) is 24.0 Å². The maximum atomic E-state index is 13.4. The van der Waals surface area contributed by atoms with Gasteiger partial charge in [-0.15, -0.1) is 0 Å². The van der Waals surface area contributed by atoms with Crippen molar-refractivity contribution in [1.29, 1.82) is 0 Å². The van der Waals surface area contributed by atoms with Gasteiger partial charge < -0.3 is 9.80 Å². The molecular formula is C27H35N5O3. The van der Waals surface area contributed by atoms with E-state index in [0.29, 0.717) is 30.1 Å². The molecule has 8 nitrogen and oxygen atoms in total. The molecule has 1 aromatic heterocycles. The van der Waals surface area contributed by atoms with E-state index >= 15 is 0 Å². The molecule has 186 valence electrons. The van der Waals surface area contributed by atoms with Crippen LogP contribution in [-0.2, 0) is 11.3 Å². The summed E-state index contributed by atoms with van der Waals surface area (Å²) in [4.78, 5) is 45.4. The summed E-state index contributed by atoms with van der Waals surface area (Å²) in [5, 5.41) is 4.45. The third-order valence-electron chi connectivity index (χ3n) is 7.82. The van der Waals surface area contributed by atoms with Crippen molar-refractivity contribution in [2.75, 3.05) is 37.6 Å². The number of aromatic nitrogens is 2. The number of fused-ring (bicyclic) bond motifs is 1. The van der Waals surface area contributed by atoms with Crippen LogP contribution in [0.25, 0.3) is 0 Å². The van der Waals surface area contributed by atoms with E-state index < -0.39 is 0 Å². The van der Waals surface area contributed by atoms with Crippen LogP contribution < -0.4 is 4.90 Å². The van der Waals surface area contributed by atoms with Crippen molar-refractivity contribution < 1.29 is 14.4 Å². The van der Waals surface area contributed by atoms with Crippen LogP contribution in [0.4, 0.5) is 5.69 Å². The summed E-state index contributed by atoms with van der Waals surface area (Å²) in [6, 6.07) is 7.49. The van der Waals surface area contributed by atoms with E-state index in [1.807, 2.05) is 41.6 Å². The minimum Gasteiger partial charge on any atom is -0.370 e. The molecule has 2 fully saturated rings. The second kappa shape index (κ2) is 9.47. The van der Waals surface area contributed by atoms with Gasteiger partial charge in [-0.05, 0) is 63.6 Å². The first-order valence-corrected chi connectivity index (χ1v) is 12.9. The predicted molar refractivity (Wildman–Crippen MR) is 133 cm³/mol. The maximum Gasteiger partial charge on any atom is 0.263 e. The highest BCUT2D eigenvalue weighted by atomic mass is 16.2. The van der Waals surface area contributed by atoms with Crippen molar-refractivity contribution in [2.45, 2.75) is 53.0 Å². The van der Waals surface area contributed by atoms with Crippen molar-refractivity contribution in [2.24, 2.45) is 11.8 Å². The average molecular weight is 478 g/mol. The second-order valence-corrected chi connectivity index (χ2v) is 10.4. The molecule has 3 aliphatic heterocycles. The first kappa shape index (κ1) is 23.6. The van der Waals surface area contributed by atoms with Crippen molar-refractivity contribution >= 4 is 23.4 Å². The zero-order valence-electron chi connectivity index (χ0n) is 21.0. The van der Waals surface area contributed by atoms with Gasteiger partial charge in [-0.1, -0.05) is 13.0 Å². The molecule has 4 heterocycles. The Hall–Kier alpha value is -3.16. The number of carbonyl (C=O) groups is 3. The van der Waals surface area contributed by atoms with E-state index in [0.717, 1.165) is 62.4 Å². The van der Waals surface area contributed by atoms with Crippen LogP contribution in [-0.4, -0.2) is 70.0 Å². The van der Waals surface area contributed by atoms with Gasteiger partial charge in [0.1, 0.15) is 0 Å². The lowest BCUT2D eigenvalue weighted by Crippen LogP contribution is -2.47. The van der Waals surface area contributed by atoms with Gasteiger partial charge in [0, 0.05) is 38.4 Å². The number of amides is 3. The number of likely N-dealkylation sites (tertiary alicyclic amines) is 1. The smallest absolute Gasteiger partial charge is 0.263 e. The molecule has 0 N–H and O–H groups in total. The highest BCUT2D eigenvalue weighted by molar-refractivity contribution is 6.23. The Labute approximate surface area is 206 Å². The van der Waals surface area contributed by atoms with E-state index in [1.165, 1.54) is 4.90 Å². The Kier molecular flexibility index (Phi) is 6.38. The van der Waals surface area contributed by atoms with Gasteiger partial charge in [0.25, 0.3) is 11.8 Å². The third-order valence-corrected chi connectivity index (χ3v) is 7.82. The first-order chi connectivity index (χ1) is 16.8. The molecule has 0 unspecified atom stereocenters. The zero-order valence-corrected chi connectivity index (χ0v) is 21.0. The summed E-state index contributed by atoms with van der Waals surface area (Å²) in [7, 11) is 0. The third kappa shape index (κ3) is 4.46. The van der Waals surface area contributed by atoms with Crippen LogP contribution in [0.5, 0.6) is 0 Å². The van der Waals surface area contributed by atoms with Crippen LogP contribution in [0.2, 0.25) is 0 Å². The summed E-state index contributed by atoms with van der Waals surface area (Å²) in [5.74, 6) is 0.355. The quantitative estimate of drug-likeness (QED) is 0.618. The Bertz CT molecular complexity index is 1150. The zero-order chi connectivity index (χ0) is 24.7. The Balaban J connectivity index is 1.32. The molecule has 3 aliphatic rings. The number of nitrogens with zero attached hydrogens (tertiary/aromatic N) is 5. The normalized spacial score (nSPS) is 21.1. The minimum atomic E-state index is -0.250. The fraction of sp³-hybridized carbons (Fsp3) is 0.556. The number of rotatable bonds is 5. The summed E-state index contributed by atoms with van der Waals surface area (Å²) >= 11 is 0. The second-order valence-electron chi connectivity index (χ2n) is 10.4. The molecule has 1 atom stereocenters. The molecule has 35 heavy (non-hydrogen) atoms. The summed E-state index contributed by atoms with van der Waals surface area (Å²) in [6.07, 6.45) is 3.91. The standard InChI is InChI=1S/C27H35N5O3/c1-18-9-12-29(13-10-18)25(33)21-6-5-11-30(17-21)23-8-4-7-22-24(23)27(35)31(26(22)34)14-15-32-20(3)16-19(2)28-32/h4,7-8,16,18,21H,5-6,9-15,17H2,1-3H3/t21-/m1/s1. The summed E-state index contributed by atoms with van der Waals surface area (Å²) in [5.41, 5.74) is 3.64. The number of imide groups is 1. The van der Waals surface area contributed by atoms with E-state index in [1.54, 1.807) is 6.07 Å². The van der Waals surface area contributed by atoms with Crippen molar-refractivity contribution in [3.63, 3.8) is 0 Å². The van der Waals surface area contributed by atoms with Gasteiger partial charge in [-0.2, -0.15) is 5.10 Å². The molecule has 2 saturated heterocycles. The molecule has 0 bridgehead atoms. The molecular weight excluding hydrogens is 442 g/mol. The monoisotopic (exact) mass is 477 g/mol. The Morgan fingerprint density at radius 3 is 2.51 bits per heavy atom. The van der Waals surface area contributed by atoms with Crippen LogP contribution in [0.15, 0.2) is 24.3 Å². The SMILES string of the molecule is Cc1cc(C)n(CCN2C(=O)c3cccc(N4CCC[C@@H](C(=O)N5CCC(C)CC5)C4)c3C2=O)n1. The van der Waals surface area contributed by atoms with Gasteiger partial charge in [0.2, 0.25) is 5.91 Å². The van der Waals surface area contributed by atoms with Crippen molar-refractivity contribution in [3.8, 4) is 0 Å². The fourth-order valence-electron chi connectivity index (χ4n) is 5.76. The first-order valence-electron chi connectivity index (χ1n) is 12.9. The topological polar surface area (TPSA) is 78.8 Å². The van der Waals surface area contributed by atoms with Gasteiger partial charge in [0.15, 0.2) is 0 Å². The molecule has 8 heteroatoms. The number of anilines is 1. The molecule has 0 aliphatic carbocycles. The van der Waals surface area contributed by atoms with E-state index in [-0.39, 0.29) is 30.2 Å². The predicted octanol–water partition coefficient (Wildman–Crippen LogP) is 3.27. The molecule has 3 amide bonds. The molecule has 0 saturated carbocycles. The Morgan fingerprint density at radius 2 is 1.80 bits per heavy atom. The maximum absolute atomic E-state index is 13.4. The minimum absolute atomic E-state index is 0.0673. The number of aryl methyl sites for hydroxylation is 2. The lowest BCUT2D eigenvalue weighted by molar-refractivity contribution is -0.137. The average Bonchev–Trinajstić information content (AvgIpc) is 3.31. The largest absolute Gasteiger partial charge is 0.370 e. The van der Waals surface area contributed by atoms with E-state index in [2.05, 4.69) is 16.9 Å². The van der Waals surface area contributed by atoms with E-state index in [9.17, 15) is 14.4 Å². The van der Waals surface area contributed by atoms with Crippen LogP contribution in [0, 0.1) is 25.7 Å². The fourth-order valence-corrected chi connectivity index (χ4v) is 5.76. The number of hydrogen-bond acceptors (Lipinski definition) is 5. The molecule has 0 radical (unpaired) electrons. The van der Waals surface area contributed by atoms with Crippen molar-refractivity contribution in [1.82, 2.24) is 19.6 Å². The van der Waals surface area contributed by atoms with Gasteiger partial charge in [-0.25, -0.2) is 0 Å². The van der Waals surface area contributed by atoms with Crippen LogP contribution >= 0.6 is 0 Å². The lowest BCUT2D eigenvalue weighted by atomic mass is 9.92. The summed E-state index contributed by atoms with van der Waals surface area (Å²) in [6.45, 7) is 9.96. The number of carbonyl (C=O) groups excluding carboxylic acids is 3. The highest BCUT2D eigenvalue weighted by Crippen LogP contribution is 2.34. The van der Waals surface area contributed by atoms with E-state index in [4.69, 9.17) is 0 Å².